The molecular weight excluding hydrogens is 397 g/mol. The maximum atomic E-state index is 13.5. The number of carbonyl (C=O) groups is 1. The van der Waals surface area contributed by atoms with Crippen molar-refractivity contribution in [3.63, 3.8) is 0 Å². The Kier molecular flexibility index (Phi) is 5.14. The van der Waals surface area contributed by atoms with Gasteiger partial charge in [-0.25, -0.2) is 9.37 Å². The van der Waals surface area contributed by atoms with Gasteiger partial charge in [0.25, 0.3) is 5.91 Å². The summed E-state index contributed by atoms with van der Waals surface area (Å²) in [6.07, 6.45) is 1.61. The molecule has 0 aliphatic carbocycles. The van der Waals surface area contributed by atoms with E-state index in [2.05, 4.69) is 10.1 Å². The summed E-state index contributed by atoms with van der Waals surface area (Å²) < 4.78 is 19.3. The zero-order valence-electron chi connectivity index (χ0n) is 14.7. The molecule has 0 saturated heterocycles. The number of nitrogens with zero attached hydrogens (tertiary/aromatic N) is 3. The van der Waals surface area contributed by atoms with Gasteiger partial charge in [0.15, 0.2) is 0 Å². The minimum absolute atomic E-state index is 0.338. The Hall–Kier alpha value is -3.10. The summed E-state index contributed by atoms with van der Waals surface area (Å²) in [6, 6.07) is 14.9. The number of hydrogen-bond donors (Lipinski definition) is 0. The van der Waals surface area contributed by atoms with E-state index in [1.807, 2.05) is 17.5 Å². The second-order valence-corrected chi connectivity index (χ2v) is 7.70. The molecule has 0 spiro atoms. The normalized spacial score (nSPS) is 11.2. The van der Waals surface area contributed by atoms with Crippen LogP contribution in [0.15, 0.2) is 65.1 Å². The van der Waals surface area contributed by atoms with E-state index >= 15 is 0 Å². The third kappa shape index (κ3) is 3.78. The van der Waals surface area contributed by atoms with Crippen molar-refractivity contribution in [3.8, 4) is 5.75 Å². The van der Waals surface area contributed by atoms with Crippen molar-refractivity contribution in [2.45, 2.75) is 0 Å². The summed E-state index contributed by atoms with van der Waals surface area (Å²) in [5.41, 5.74) is 1.05. The van der Waals surface area contributed by atoms with Crippen LogP contribution in [0.1, 0.15) is 15.2 Å². The van der Waals surface area contributed by atoms with Gasteiger partial charge in [-0.3, -0.25) is 4.79 Å². The number of fused-ring (bicyclic) bond motifs is 1. The molecule has 8 heteroatoms. The highest BCUT2D eigenvalue weighted by molar-refractivity contribution is 7.22. The number of aromatic nitrogens is 1. The predicted molar refractivity (Wildman–Crippen MR) is 111 cm³/mol. The maximum absolute atomic E-state index is 13.5. The van der Waals surface area contributed by atoms with Crippen molar-refractivity contribution < 1.29 is 13.9 Å². The van der Waals surface area contributed by atoms with Gasteiger partial charge in [0.2, 0.25) is 5.13 Å². The summed E-state index contributed by atoms with van der Waals surface area (Å²) in [5, 5.41) is 7.90. The lowest BCUT2D eigenvalue weighted by molar-refractivity contribution is 0.0988. The minimum atomic E-state index is -0.349. The molecule has 4 rings (SSSR count). The summed E-state index contributed by atoms with van der Waals surface area (Å²) in [5.74, 6) is -0.0338. The molecule has 28 heavy (non-hydrogen) atoms. The van der Waals surface area contributed by atoms with Gasteiger partial charge < -0.3 is 4.74 Å². The topological polar surface area (TPSA) is 54.8 Å². The molecule has 0 saturated carbocycles. The standard InChI is InChI=1S/C20H14FN3O2S2/c1-26-15-7-4-13(5-8-15)19(25)24(22-12-16-3-2-10-27-16)20-23-17-9-6-14(21)11-18(17)28-20/h2-12H,1H3/b22-12-. The van der Waals surface area contributed by atoms with Gasteiger partial charge >= 0.3 is 0 Å². The second kappa shape index (κ2) is 7.87. The zero-order chi connectivity index (χ0) is 19.5. The number of carbonyl (C=O) groups excluding carboxylic acids is 1. The molecular formula is C20H14FN3O2S2. The lowest BCUT2D eigenvalue weighted by Crippen LogP contribution is -2.25. The lowest BCUT2D eigenvalue weighted by atomic mass is 10.2. The quantitative estimate of drug-likeness (QED) is 0.336. The summed E-state index contributed by atoms with van der Waals surface area (Å²) in [4.78, 5) is 18.5. The van der Waals surface area contributed by atoms with Crippen LogP contribution >= 0.6 is 22.7 Å². The predicted octanol–water partition coefficient (Wildman–Crippen LogP) is 5.19. The van der Waals surface area contributed by atoms with Gasteiger partial charge in [-0.2, -0.15) is 10.1 Å². The van der Waals surface area contributed by atoms with E-state index < -0.39 is 0 Å². The van der Waals surface area contributed by atoms with E-state index in [1.165, 1.54) is 39.8 Å². The van der Waals surface area contributed by atoms with Crippen LogP contribution in [0.25, 0.3) is 10.2 Å². The molecule has 0 atom stereocenters. The van der Waals surface area contributed by atoms with Crippen LogP contribution in [0.3, 0.4) is 0 Å². The molecule has 0 aliphatic rings. The Bertz CT molecular complexity index is 1140. The third-order valence-electron chi connectivity index (χ3n) is 3.89. The van der Waals surface area contributed by atoms with Crippen molar-refractivity contribution in [1.29, 1.82) is 0 Å². The van der Waals surface area contributed by atoms with Gasteiger partial charge in [-0.15, -0.1) is 11.3 Å². The Morgan fingerprint density at radius 3 is 2.75 bits per heavy atom. The van der Waals surface area contributed by atoms with Crippen LogP contribution in [-0.4, -0.2) is 24.2 Å². The fraction of sp³-hybridized carbons (Fsp3) is 0.0500. The molecule has 0 bridgehead atoms. The van der Waals surface area contributed by atoms with Crippen molar-refractivity contribution in [2.24, 2.45) is 5.10 Å². The smallest absolute Gasteiger partial charge is 0.280 e. The second-order valence-electron chi connectivity index (χ2n) is 5.71. The Morgan fingerprint density at radius 2 is 2.04 bits per heavy atom. The first-order chi connectivity index (χ1) is 13.6. The Morgan fingerprint density at radius 1 is 1.21 bits per heavy atom. The van der Waals surface area contributed by atoms with Gasteiger partial charge in [0.05, 0.1) is 23.5 Å². The number of ether oxygens (including phenoxy) is 1. The highest BCUT2D eigenvalue weighted by Crippen LogP contribution is 2.30. The third-order valence-corrected chi connectivity index (χ3v) is 5.69. The SMILES string of the molecule is COc1ccc(C(=O)N(/N=C\c2cccs2)c2nc3ccc(F)cc3s2)cc1. The molecule has 5 nitrogen and oxygen atoms in total. The maximum Gasteiger partial charge on any atom is 0.280 e. The minimum Gasteiger partial charge on any atom is -0.497 e. The van der Waals surface area contributed by atoms with Crippen molar-refractivity contribution in [2.75, 3.05) is 12.1 Å². The summed E-state index contributed by atoms with van der Waals surface area (Å²) >= 11 is 2.72. The molecule has 0 aliphatic heterocycles. The van der Waals surface area contributed by atoms with E-state index in [0.29, 0.717) is 26.7 Å². The van der Waals surface area contributed by atoms with Crippen molar-refractivity contribution >= 4 is 50.1 Å². The van der Waals surface area contributed by atoms with Crippen LogP contribution in [0, 0.1) is 5.82 Å². The van der Waals surface area contributed by atoms with Crippen LogP contribution < -0.4 is 9.75 Å². The number of anilines is 1. The number of thiazole rings is 1. The van der Waals surface area contributed by atoms with Crippen LogP contribution in [0.2, 0.25) is 0 Å². The molecule has 2 aromatic heterocycles. The number of halogens is 1. The van der Waals surface area contributed by atoms with E-state index in [0.717, 1.165) is 4.88 Å². The van der Waals surface area contributed by atoms with Crippen molar-refractivity contribution in [1.82, 2.24) is 4.98 Å². The van der Waals surface area contributed by atoms with Gasteiger partial charge in [-0.1, -0.05) is 17.4 Å². The Labute approximate surface area is 168 Å². The molecule has 140 valence electrons. The first-order valence-electron chi connectivity index (χ1n) is 8.26. The highest BCUT2D eigenvalue weighted by atomic mass is 32.1. The largest absolute Gasteiger partial charge is 0.497 e. The van der Waals surface area contributed by atoms with E-state index in [1.54, 1.807) is 43.7 Å². The number of amides is 1. The molecule has 4 aromatic rings. The molecule has 0 unspecified atom stereocenters. The summed E-state index contributed by atoms with van der Waals surface area (Å²) in [7, 11) is 1.56. The van der Waals surface area contributed by atoms with E-state index in [4.69, 9.17) is 4.74 Å². The van der Waals surface area contributed by atoms with E-state index in [9.17, 15) is 9.18 Å². The molecule has 0 radical (unpaired) electrons. The number of methoxy groups -OCH3 is 1. The summed E-state index contributed by atoms with van der Waals surface area (Å²) in [6.45, 7) is 0. The van der Waals surface area contributed by atoms with Crippen LogP contribution in [0.5, 0.6) is 5.75 Å². The number of hydrogen-bond acceptors (Lipinski definition) is 6. The average molecular weight is 411 g/mol. The Balaban J connectivity index is 1.74. The van der Waals surface area contributed by atoms with Crippen molar-refractivity contribution in [3.05, 3.63) is 76.2 Å². The average Bonchev–Trinajstić information content (AvgIpc) is 3.37. The molecule has 0 fully saturated rings. The van der Waals surface area contributed by atoms with Gasteiger partial charge in [0, 0.05) is 10.4 Å². The van der Waals surface area contributed by atoms with Crippen LogP contribution in [-0.2, 0) is 0 Å². The first kappa shape index (κ1) is 18.3. The lowest BCUT2D eigenvalue weighted by Gasteiger charge is -2.14. The first-order valence-corrected chi connectivity index (χ1v) is 9.96. The van der Waals surface area contributed by atoms with Gasteiger partial charge in [-0.05, 0) is 53.9 Å². The van der Waals surface area contributed by atoms with E-state index in [-0.39, 0.29) is 11.7 Å². The number of hydrazone groups is 1. The zero-order valence-corrected chi connectivity index (χ0v) is 16.3. The molecule has 1 amide bonds. The molecule has 2 heterocycles. The number of rotatable bonds is 5. The fourth-order valence-corrected chi connectivity index (χ4v) is 4.03. The number of benzene rings is 2. The fourth-order valence-electron chi connectivity index (χ4n) is 2.50. The number of thiophene rings is 1. The van der Waals surface area contributed by atoms with Gasteiger partial charge in [0.1, 0.15) is 11.6 Å². The molecule has 2 aromatic carbocycles. The molecule has 0 N–H and O–H groups in total. The highest BCUT2D eigenvalue weighted by Gasteiger charge is 2.21. The van der Waals surface area contributed by atoms with Crippen LogP contribution in [0.4, 0.5) is 9.52 Å². The monoisotopic (exact) mass is 411 g/mol.